The number of fused-ring (bicyclic) bond motifs is 1. The molecule has 0 spiro atoms. The van der Waals surface area contributed by atoms with Crippen LogP contribution < -0.4 is 15.4 Å². The number of carbonyl (C=O) groups is 2. The maximum atomic E-state index is 13.9. The number of amides is 2. The number of nitrogens with zero attached hydrogens (tertiary/aromatic N) is 3. The number of aromatic nitrogens is 1. The molecule has 19 heteroatoms. The molecule has 5 aromatic heterocycles. The van der Waals surface area contributed by atoms with E-state index in [0.717, 1.165) is 26.8 Å². The van der Waals surface area contributed by atoms with Gasteiger partial charge in [0.15, 0.2) is 5.76 Å². The number of alkyl halides is 3. The van der Waals surface area contributed by atoms with Gasteiger partial charge < -0.3 is 43.9 Å². The summed E-state index contributed by atoms with van der Waals surface area (Å²) in [7, 11) is 0. The van der Waals surface area contributed by atoms with Gasteiger partial charge in [-0.05, 0) is 77.7 Å². The number of ether oxygens (including phenoxy) is 3. The van der Waals surface area contributed by atoms with Gasteiger partial charge in [0.2, 0.25) is 18.1 Å². The number of benzene rings is 1. The van der Waals surface area contributed by atoms with Crippen LogP contribution in [0.25, 0.3) is 21.3 Å². The van der Waals surface area contributed by atoms with Crippen molar-refractivity contribution in [1.29, 1.82) is 0 Å². The number of β-amino-alcohol motifs (C(OH)–C–C–N with tert-alkyl or cyclic N) is 1. The smallest absolute Gasteiger partial charge is 0.405 e. The molecule has 0 bridgehead atoms. The van der Waals surface area contributed by atoms with Gasteiger partial charge in [-0.15, -0.1) is 22.7 Å². The van der Waals surface area contributed by atoms with Crippen LogP contribution in [0.15, 0.2) is 117 Å². The number of aliphatic hydroxyl groups is 2. The lowest BCUT2D eigenvalue weighted by atomic mass is 9.91. The maximum Gasteiger partial charge on any atom is 0.405 e. The Morgan fingerprint density at radius 3 is 2.35 bits per heavy atom. The van der Waals surface area contributed by atoms with Gasteiger partial charge in [0.25, 0.3) is 0 Å². The minimum atomic E-state index is -4.59. The van der Waals surface area contributed by atoms with Crippen LogP contribution >= 0.6 is 22.7 Å². The molecule has 4 N–H and O–H groups in total. The molecule has 5 atom stereocenters. The van der Waals surface area contributed by atoms with E-state index in [1.54, 1.807) is 59.0 Å². The van der Waals surface area contributed by atoms with Crippen LogP contribution in [-0.4, -0.2) is 114 Å². The number of aliphatic hydroxyl groups excluding tert-OH is 2. The Bertz CT molecular complexity index is 2440. The molecule has 0 aliphatic carbocycles. The molecule has 0 radical (unpaired) electrons. The molecule has 2 fully saturated rings. The van der Waals surface area contributed by atoms with E-state index in [2.05, 4.69) is 10.3 Å². The Morgan fingerprint density at radius 2 is 1.64 bits per heavy atom. The molecule has 6 aromatic rings. The highest BCUT2D eigenvalue weighted by Gasteiger charge is 2.38. The topological polar surface area (TPSA) is 172 Å². The van der Waals surface area contributed by atoms with Crippen molar-refractivity contribution in [3.8, 4) is 27.0 Å². The van der Waals surface area contributed by atoms with Crippen molar-refractivity contribution < 1.29 is 56.0 Å². The molecular formula is C47H50F3N5O9S2. The summed E-state index contributed by atoms with van der Waals surface area (Å²) in [4.78, 5) is 36.9. The van der Waals surface area contributed by atoms with E-state index in [1.807, 2.05) is 75.6 Å². The number of furan rings is 2. The summed E-state index contributed by atoms with van der Waals surface area (Å²) in [6, 6.07) is 24.4. The molecule has 3 aliphatic rings. The number of para-hydroxylation sites is 1. The van der Waals surface area contributed by atoms with Gasteiger partial charge in [-0.2, -0.15) is 13.2 Å². The summed E-state index contributed by atoms with van der Waals surface area (Å²) in [6.07, 6.45) is -3.57. The van der Waals surface area contributed by atoms with Gasteiger partial charge in [-0.25, -0.2) is 0 Å². The fourth-order valence-corrected chi connectivity index (χ4v) is 9.51. The number of hydrogen-bond acceptors (Lipinski definition) is 14. The van der Waals surface area contributed by atoms with Crippen molar-refractivity contribution in [3.63, 3.8) is 0 Å². The van der Waals surface area contributed by atoms with Crippen LogP contribution in [0.3, 0.4) is 0 Å². The fourth-order valence-electron chi connectivity index (χ4n) is 8.13. The first kappa shape index (κ1) is 47.1. The molecule has 1 aromatic carbocycles. The van der Waals surface area contributed by atoms with E-state index in [1.165, 1.54) is 11.3 Å². The number of thiophene rings is 2. The van der Waals surface area contributed by atoms with Gasteiger partial charge in [-0.1, -0.05) is 36.4 Å². The molecule has 2 saturated heterocycles. The molecule has 0 unspecified atom stereocenters. The van der Waals surface area contributed by atoms with Gasteiger partial charge >= 0.3 is 6.18 Å². The van der Waals surface area contributed by atoms with Crippen LogP contribution in [0, 0.1) is 5.92 Å². The minimum Gasteiger partial charge on any atom is -0.490 e. The average molecular weight is 950 g/mol. The van der Waals surface area contributed by atoms with E-state index in [4.69, 9.17) is 23.0 Å². The van der Waals surface area contributed by atoms with E-state index in [9.17, 15) is 33.0 Å². The van der Waals surface area contributed by atoms with E-state index in [0.29, 0.717) is 49.1 Å². The predicted octanol–water partition coefficient (Wildman–Crippen LogP) is 6.84. The van der Waals surface area contributed by atoms with Gasteiger partial charge in [0.05, 0.1) is 41.7 Å². The van der Waals surface area contributed by atoms with Gasteiger partial charge in [-0.3, -0.25) is 24.4 Å². The predicted molar refractivity (Wildman–Crippen MR) is 239 cm³/mol. The number of piperazine rings is 1. The molecule has 66 heavy (non-hydrogen) atoms. The molecule has 350 valence electrons. The second kappa shape index (κ2) is 21.9. The lowest BCUT2D eigenvalue weighted by Crippen LogP contribution is -2.60. The largest absolute Gasteiger partial charge is 0.490 e. The number of hydrogen-bond donors (Lipinski definition) is 4. The van der Waals surface area contributed by atoms with Crippen LogP contribution in [0.4, 0.5) is 13.2 Å². The third-order valence-corrected chi connectivity index (χ3v) is 13.1. The first-order valence-corrected chi connectivity index (χ1v) is 23.3. The molecule has 3 aliphatic heterocycles. The molecule has 2 amide bonds. The third kappa shape index (κ3) is 12.5. The zero-order valence-corrected chi connectivity index (χ0v) is 37.3. The second-order valence-corrected chi connectivity index (χ2v) is 18.0. The number of nitrogens with one attached hydrogen (secondary N) is 2. The maximum absolute atomic E-state index is 13.9. The van der Waals surface area contributed by atoms with Crippen molar-refractivity contribution >= 4 is 34.5 Å². The fraction of sp³-hybridized carbons (Fsp3) is 0.383. The quantitative estimate of drug-likeness (QED) is 0.0847. The summed E-state index contributed by atoms with van der Waals surface area (Å²) in [6.45, 7) is 0.939. The zero-order valence-electron chi connectivity index (χ0n) is 35.7. The summed E-state index contributed by atoms with van der Waals surface area (Å²) in [5, 5.41) is 31.1. The number of rotatable bonds is 15. The number of halogens is 3. The monoisotopic (exact) mass is 949 g/mol. The Morgan fingerprint density at radius 1 is 0.894 bits per heavy atom. The van der Waals surface area contributed by atoms with Crippen molar-refractivity contribution in [2.75, 3.05) is 52.5 Å². The normalized spacial score (nSPS) is 20.1. The molecule has 0 saturated carbocycles. The Labute approximate surface area is 386 Å². The molecule has 14 nitrogen and oxygen atoms in total. The van der Waals surface area contributed by atoms with Crippen LogP contribution in [-0.2, 0) is 32.0 Å². The third-order valence-electron chi connectivity index (χ3n) is 11.3. The summed E-state index contributed by atoms with van der Waals surface area (Å²) in [5.74, 6) is 1.57. The highest BCUT2D eigenvalue weighted by Crippen LogP contribution is 2.34. The highest BCUT2D eigenvalue weighted by atomic mass is 32.1. The lowest BCUT2D eigenvalue weighted by Gasteiger charge is -2.41. The number of pyridine rings is 1. The number of carbonyl (C=O) groups excluding carboxylic acids is 2. The average Bonchev–Trinajstić information content (AvgIpc) is 4.17. The summed E-state index contributed by atoms with van der Waals surface area (Å²) >= 11 is 3.19. The van der Waals surface area contributed by atoms with Crippen LogP contribution in [0.1, 0.15) is 41.4 Å². The Balaban J connectivity index is 0.000000330. The van der Waals surface area contributed by atoms with Gasteiger partial charge in [0, 0.05) is 50.1 Å². The Hall–Kier alpha value is -5.38. The van der Waals surface area contributed by atoms with Gasteiger partial charge in [0.1, 0.15) is 48.3 Å². The van der Waals surface area contributed by atoms with E-state index >= 15 is 0 Å². The van der Waals surface area contributed by atoms with E-state index in [-0.39, 0.29) is 45.4 Å². The molecule has 9 rings (SSSR count). The minimum absolute atomic E-state index is 0.00263. The first-order valence-electron chi connectivity index (χ1n) is 21.5. The SMILES string of the molecule is O=C(N[C@H]1c2ccccc2OC[C@H]1O)[C@H](Cc1cccnc1)C[C@H](O)CN1CCN(Cc2ccc(-c3cccs3)o2)C[C@H]1C(=O)NCC(F)(F)F.c1csc(-c2ccc(C3OCCO3)o2)c1. The van der Waals surface area contributed by atoms with Crippen molar-refractivity contribution in [2.24, 2.45) is 5.92 Å². The lowest BCUT2D eigenvalue weighted by molar-refractivity contribution is -0.143. The zero-order chi connectivity index (χ0) is 46.0. The van der Waals surface area contributed by atoms with Crippen LogP contribution in [0.5, 0.6) is 5.75 Å². The summed E-state index contributed by atoms with van der Waals surface area (Å²) in [5.41, 5.74) is 1.39. The van der Waals surface area contributed by atoms with E-state index < -0.39 is 54.7 Å². The molecule has 8 heterocycles. The highest BCUT2D eigenvalue weighted by molar-refractivity contribution is 7.13. The molecular weight excluding hydrogens is 900 g/mol. The first-order chi connectivity index (χ1) is 32.0. The van der Waals surface area contributed by atoms with Crippen molar-refractivity contribution in [2.45, 2.75) is 56.1 Å². The second-order valence-electron chi connectivity index (χ2n) is 16.1. The van der Waals surface area contributed by atoms with Crippen LogP contribution in [0.2, 0.25) is 0 Å². The standard InChI is InChI=1S/C36H40F3N5O6S.C11H10O3S/c37-36(38,39)22-41-35(48)28-20-43(19-26-9-10-31(50-26)32-8-4-14-51-32)12-13-44(28)18-25(45)16-24(15-23-5-3-11-40-17-23)34(47)42-33-27-6-1-2-7-30(27)49-21-29(33)46;1-2-10(15-7-1)8-3-4-9(14-8)11-12-5-6-13-11/h1-11,14,17,24-25,28-29,33,45-46H,12-13,15-16,18-22H2,(H,41,48)(H,42,47);1-4,7,11H,5-6H2/t24-,25+,28+,29-,33+;/m1./s1. The summed E-state index contributed by atoms with van der Waals surface area (Å²) < 4.78 is 67.3. The van der Waals surface area contributed by atoms with Crippen molar-refractivity contribution in [1.82, 2.24) is 25.4 Å². The Kier molecular flexibility index (Phi) is 15.7. The van der Waals surface area contributed by atoms with Crippen molar-refractivity contribution in [3.05, 3.63) is 131 Å².